The first-order valence-electron chi connectivity index (χ1n) is 5.91. The van der Waals surface area contributed by atoms with Crippen molar-refractivity contribution in [1.82, 2.24) is 9.88 Å². The van der Waals surface area contributed by atoms with Gasteiger partial charge in [-0.15, -0.1) is 0 Å². The van der Waals surface area contributed by atoms with Crippen LogP contribution in [-0.2, 0) is 13.1 Å². The molecular formula is C13H24N2S. The Bertz CT molecular complexity index is 299. The van der Waals surface area contributed by atoms with Gasteiger partial charge >= 0.3 is 0 Å². The molecule has 0 aromatic carbocycles. The third kappa shape index (κ3) is 5.08. The highest BCUT2D eigenvalue weighted by atomic mass is 32.2. The number of thioether (sulfide) groups is 1. The second-order valence-electron chi connectivity index (χ2n) is 5.14. The average molecular weight is 240 g/mol. The average Bonchev–Trinajstić information content (AvgIpc) is 2.62. The van der Waals surface area contributed by atoms with E-state index in [-0.39, 0.29) is 5.54 Å². The maximum Gasteiger partial charge on any atom is 0.0363 e. The van der Waals surface area contributed by atoms with Crippen LogP contribution in [0.15, 0.2) is 18.3 Å². The zero-order valence-electron chi connectivity index (χ0n) is 10.9. The van der Waals surface area contributed by atoms with Crippen LogP contribution in [0.5, 0.6) is 0 Å². The van der Waals surface area contributed by atoms with Crippen LogP contribution in [0.4, 0.5) is 0 Å². The molecule has 1 heterocycles. The zero-order chi connectivity index (χ0) is 12.0. The van der Waals surface area contributed by atoms with E-state index in [0.717, 1.165) is 13.1 Å². The minimum atomic E-state index is 0.189. The second kappa shape index (κ2) is 6.36. The Kier molecular flexibility index (Phi) is 5.42. The fraction of sp³-hybridized carbons (Fsp3) is 0.692. The number of nitrogens with zero attached hydrogens (tertiary/aromatic N) is 1. The maximum atomic E-state index is 3.53. The van der Waals surface area contributed by atoms with E-state index in [4.69, 9.17) is 0 Å². The molecule has 0 saturated carbocycles. The molecule has 16 heavy (non-hydrogen) atoms. The number of aromatic nitrogens is 1. The van der Waals surface area contributed by atoms with Gasteiger partial charge in [-0.25, -0.2) is 0 Å². The topological polar surface area (TPSA) is 17.0 Å². The Morgan fingerprint density at radius 2 is 2.12 bits per heavy atom. The summed E-state index contributed by atoms with van der Waals surface area (Å²) < 4.78 is 2.36. The van der Waals surface area contributed by atoms with Gasteiger partial charge < -0.3 is 9.88 Å². The van der Waals surface area contributed by atoms with Crippen molar-refractivity contribution < 1.29 is 0 Å². The lowest BCUT2D eigenvalue weighted by Crippen LogP contribution is -2.35. The van der Waals surface area contributed by atoms with E-state index in [0.29, 0.717) is 0 Å². The fourth-order valence-electron chi connectivity index (χ4n) is 1.56. The first-order chi connectivity index (χ1) is 7.53. The summed E-state index contributed by atoms with van der Waals surface area (Å²) in [6.07, 6.45) is 5.59. The molecule has 1 rings (SSSR count). The van der Waals surface area contributed by atoms with Gasteiger partial charge in [0.25, 0.3) is 0 Å². The van der Waals surface area contributed by atoms with Gasteiger partial charge in [0.1, 0.15) is 0 Å². The van der Waals surface area contributed by atoms with Crippen LogP contribution in [0.2, 0.25) is 0 Å². The van der Waals surface area contributed by atoms with Gasteiger partial charge in [0.05, 0.1) is 0 Å². The van der Waals surface area contributed by atoms with Crippen LogP contribution in [0, 0.1) is 0 Å². The first kappa shape index (κ1) is 13.7. The highest BCUT2D eigenvalue weighted by molar-refractivity contribution is 7.98. The molecule has 0 unspecified atom stereocenters. The molecule has 0 atom stereocenters. The predicted octanol–water partition coefficient (Wildman–Crippen LogP) is 3.13. The number of nitrogens with one attached hydrogen (secondary N) is 1. The summed E-state index contributed by atoms with van der Waals surface area (Å²) in [7, 11) is 0. The van der Waals surface area contributed by atoms with Gasteiger partial charge in [-0.05, 0) is 51.3 Å². The monoisotopic (exact) mass is 240 g/mol. The molecular weight excluding hydrogens is 216 g/mol. The van der Waals surface area contributed by atoms with Gasteiger partial charge in [-0.1, -0.05) is 0 Å². The minimum absolute atomic E-state index is 0.189. The van der Waals surface area contributed by atoms with E-state index in [1.54, 1.807) is 0 Å². The molecule has 1 aromatic heterocycles. The summed E-state index contributed by atoms with van der Waals surface area (Å²) in [6, 6.07) is 4.34. The summed E-state index contributed by atoms with van der Waals surface area (Å²) >= 11 is 1.92. The van der Waals surface area contributed by atoms with E-state index in [2.05, 4.69) is 55.2 Å². The van der Waals surface area contributed by atoms with Gasteiger partial charge in [0, 0.05) is 30.5 Å². The highest BCUT2D eigenvalue weighted by Crippen LogP contribution is 2.08. The molecule has 0 radical (unpaired) electrons. The van der Waals surface area contributed by atoms with Crippen LogP contribution >= 0.6 is 11.8 Å². The number of hydrogen-bond acceptors (Lipinski definition) is 2. The maximum absolute atomic E-state index is 3.53. The number of aryl methyl sites for hydroxylation is 1. The first-order valence-corrected chi connectivity index (χ1v) is 7.30. The summed E-state index contributed by atoms with van der Waals surface area (Å²) in [5.74, 6) is 1.24. The zero-order valence-corrected chi connectivity index (χ0v) is 11.7. The van der Waals surface area contributed by atoms with Crippen molar-refractivity contribution in [3.05, 3.63) is 24.0 Å². The highest BCUT2D eigenvalue weighted by Gasteiger charge is 2.09. The van der Waals surface area contributed by atoms with Gasteiger partial charge in [-0.3, -0.25) is 0 Å². The summed E-state index contributed by atoms with van der Waals surface area (Å²) in [5.41, 5.74) is 1.57. The third-order valence-electron chi connectivity index (χ3n) is 2.47. The molecule has 0 aliphatic carbocycles. The van der Waals surface area contributed by atoms with Gasteiger partial charge in [0.15, 0.2) is 0 Å². The minimum Gasteiger partial charge on any atom is -0.350 e. The lowest BCUT2D eigenvalue weighted by atomic mass is 10.1. The van der Waals surface area contributed by atoms with E-state index >= 15 is 0 Å². The molecule has 0 aliphatic rings. The molecule has 1 N–H and O–H groups in total. The van der Waals surface area contributed by atoms with Gasteiger partial charge in [0.2, 0.25) is 0 Å². The predicted molar refractivity (Wildman–Crippen MR) is 74.0 cm³/mol. The Hall–Kier alpha value is -0.410. The molecule has 0 saturated heterocycles. The van der Waals surface area contributed by atoms with Crippen LogP contribution in [-0.4, -0.2) is 22.1 Å². The Morgan fingerprint density at radius 1 is 1.38 bits per heavy atom. The van der Waals surface area contributed by atoms with Crippen molar-refractivity contribution in [2.24, 2.45) is 0 Å². The van der Waals surface area contributed by atoms with Crippen molar-refractivity contribution in [3.8, 4) is 0 Å². The molecule has 1 aromatic rings. The van der Waals surface area contributed by atoms with Gasteiger partial charge in [-0.2, -0.15) is 11.8 Å². The number of hydrogen-bond donors (Lipinski definition) is 1. The molecule has 0 amide bonds. The van der Waals surface area contributed by atoms with Crippen molar-refractivity contribution in [2.75, 3.05) is 12.0 Å². The van der Waals surface area contributed by atoms with Crippen molar-refractivity contribution in [1.29, 1.82) is 0 Å². The van der Waals surface area contributed by atoms with E-state index < -0.39 is 0 Å². The Labute approximate surface area is 104 Å². The molecule has 0 spiro atoms. The number of rotatable bonds is 6. The largest absolute Gasteiger partial charge is 0.350 e. The summed E-state index contributed by atoms with van der Waals surface area (Å²) in [5, 5.41) is 3.53. The molecule has 0 aliphatic heterocycles. The molecule has 3 heteroatoms. The van der Waals surface area contributed by atoms with E-state index in [1.807, 2.05) is 11.8 Å². The van der Waals surface area contributed by atoms with Crippen LogP contribution in [0.1, 0.15) is 32.9 Å². The van der Waals surface area contributed by atoms with Crippen molar-refractivity contribution >= 4 is 11.8 Å². The Morgan fingerprint density at radius 3 is 2.75 bits per heavy atom. The van der Waals surface area contributed by atoms with Crippen molar-refractivity contribution in [3.63, 3.8) is 0 Å². The SMILES string of the molecule is CSCCCn1cccc1CNC(C)(C)C. The lowest BCUT2D eigenvalue weighted by Gasteiger charge is -2.21. The summed E-state index contributed by atoms with van der Waals surface area (Å²) in [4.78, 5) is 0. The fourth-order valence-corrected chi connectivity index (χ4v) is 1.98. The smallest absolute Gasteiger partial charge is 0.0363 e. The molecule has 0 fully saturated rings. The lowest BCUT2D eigenvalue weighted by molar-refractivity contribution is 0.415. The molecule has 0 bridgehead atoms. The quantitative estimate of drug-likeness (QED) is 0.769. The van der Waals surface area contributed by atoms with Crippen LogP contribution in [0.3, 0.4) is 0 Å². The van der Waals surface area contributed by atoms with Crippen molar-refractivity contribution in [2.45, 2.75) is 45.8 Å². The third-order valence-corrected chi connectivity index (χ3v) is 3.17. The van der Waals surface area contributed by atoms with E-state index in [9.17, 15) is 0 Å². The normalized spacial score (nSPS) is 12.0. The van der Waals surface area contributed by atoms with Crippen LogP contribution < -0.4 is 5.32 Å². The second-order valence-corrected chi connectivity index (χ2v) is 6.13. The molecule has 92 valence electrons. The van der Waals surface area contributed by atoms with Crippen LogP contribution in [0.25, 0.3) is 0 Å². The summed E-state index contributed by atoms with van der Waals surface area (Å²) in [6.45, 7) is 8.70. The van der Waals surface area contributed by atoms with E-state index in [1.165, 1.54) is 17.9 Å². The Balaban J connectivity index is 2.44. The molecule has 2 nitrogen and oxygen atoms in total. The standard InChI is InChI=1S/C13H24N2S/c1-13(2,3)14-11-12-7-5-8-15(12)9-6-10-16-4/h5,7-8,14H,6,9-11H2,1-4H3.